The number of likely N-dealkylation sites (tertiary alicyclic amines) is 1. The van der Waals surface area contributed by atoms with Gasteiger partial charge in [0.15, 0.2) is 0 Å². The number of halogens is 1. The number of methoxy groups -OCH3 is 1. The van der Waals surface area contributed by atoms with Crippen LogP contribution in [0.5, 0.6) is 11.5 Å². The minimum Gasteiger partial charge on any atom is -0.495 e. The van der Waals surface area contributed by atoms with Gasteiger partial charge in [0, 0.05) is 36.0 Å². The third-order valence-corrected chi connectivity index (χ3v) is 6.36. The number of piperidine rings is 1. The summed E-state index contributed by atoms with van der Waals surface area (Å²) in [5, 5.41) is 15.8. The Balaban J connectivity index is 1.26. The summed E-state index contributed by atoms with van der Waals surface area (Å²) in [5.74, 6) is 0.271. The van der Waals surface area contributed by atoms with Crippen molar-refractivity contribution in [1.29, 1.82) is 0 Å². The second-order valence-corrected chi connectivity index (χ2v) is 9.12. The molecule has 1 amide bonds. The Morgan fingerprint density at radius 1 is 1.17 bits per heavy atom. The summed E-state index contributed by atoms with van der Waals surface area (Å²) in [4.78, 5) is 14.8. The number of β-amino-alcohol motifs (C(OH)–C–C–N with tert-alkyl or cyclic N) is 1. The van der Waals surface area contributed by atoms with Gasteiger partial charge in [0.05, 0.1) is 19.3 Å². The number of carbonyl (C=O) groups is 1. The molecule has 0 unspecified atom stereocenters. The van der Waals surface area contributed by atoms with Crippen LogP contribution in [0, 0.1) is 5.82 Å². The first-order valence-corrected chi connectivity index (χ1v) is 11.5. The maximum atomic E-state index is 13.5. The van der Waals surface area contributed by atoms with E-state index in [2.05, 4.69) is 5.32 Å². The van der Waals surface area contributed by atoms with Crippen molar-refractivity contribution >= 4 is 33.5 Å². The number of hydrogen-bond acceptors (Lipinski definition) is 6. The number of rotatable bonds is 6. The number of hydrogen-bond donors (Lipinski definition) is 2. The average Bonchev–Trinajstić information content (AvgIpc) is 3.17. The molecule has 1 aromatic heterocycles. The second-order valence-electron chi connectivity index (χ2n) is 9.12. The number of nitrogens with one attached hydrogen (secondary N) is 1. The molecule has 5 rings (SSSR count). The number of furan rings is 1. The molecule has 2 N–H and O–H groups in total. The lowest BCUT2D eigenvalue weighted by Crippen LogP contribution is -2.58. The number of anilines is 1. The number of aliphatic hydroxyl groups is 1. The van der Waals surface area contributed by atoms with Crippen molar-refractivity contribution in [2.45, 2.75) is 25.0 Å². The average molecular weight is 479 g/mol. The van der Waals surface area contributed by atoms with Gasteiger partial charge >= 0.3 is 0 Å². The normalized spacial score (nSPS) is 20.7. The molecule has 182 valence electrons. The van der Waals surface area contributed by atoms with E-state index in [4.69, 9.17) is 13.9 Å². The van der Waals surface area contributed by atoms with Gasteiger partial charge in [-0.1, -0.05) is 24.3 Å². The maximum Gasteiger partial charge on any atom is 0.238 e. The summed E-state index contributed by atoms with van der Waals surface area (Å²) >= 11 is 0. The highest BCUT2D eigenvalue weighted by atomic mass is 19.1. The molecule has 1 aliphatic rings. The topological polar surface area (TPSA) is 84.2 Å². The molecule has 2 atom stereocenters. The van der Waals surface area contributed by atoms with Gasteiger partial charge in [-0.25, -0.2) is 4.39 Å². The molecule has 4 aromatic rings. The van der Waals surface area contributed by atoms with E-state index in [0.29, 0.717) is 35.7 Å². The van der Waals surface area contributed by atoms with E-state index in [1.165, 1.54) is 12.1 Å². The predicted molar refractivity (Wildman–Crippen MR) is 131 cm³/mol. The summed E-state index contributed by atoms with van der Waals surface area (Å²) in [5.41, 5.74) is 0.717. The third-order valence-electron chi connectivity index (χ3n) is 6.36. The van der Waals surface area contributed by atoms with Gasteiger partial charge in [0.25, 0.3) is 0 Å². The minimum absolute atomic E-state index is 0.0875. The van der Waals surface area contributed by atoms with Crippen LogP contribution < -0.4 is 14.8 Å². The van der Waals surface area contributed by atoms with Crippen LogP contribution in [0.15, 0.2) is 65.1 Å². The zero-order chi connectivity index (χ0) is 24.6. The number of fused-ring (bicyclic) bond motifs is 3. The van der Waals surface area contributed by atoms with Crippen molar-refractivity contribution in [3.05, 3.63) is 66.5 Å². The highest BCUT2D eigenvalue weighted by molar-refractivity contribution is 6.07. The molecule has 0 bridgehead atoms. The quantitative estimate of drug-likeness (QED) is 0.422. The van der Waals surface area contributed by atoms with Crippen molar-refractivity contribution < 1.29 is 28.2 Å². The molecule has 1 fully saturated rings. The van der Waals surface area contributed by atoms with Gasteiger partial charge in [-0.15, -0.1) is 0 Å². The Labute approximate surface area is 202 Å². The van der Waals surface area contributed by atoms with Gasteiger partial charge < -0.3 is 24.3 Å². The van der Waals surface area contributed by atoms with Crippen molar-refractivity contribution in [3.63, 3.8) is 0 Å². The summed E-state index contributed by atoms with van der Waals surface area (Å²) in [6.45, 7) is 2.53. The monoisotopic (exact) mass is 478 g/mol. The van der Waals surface area contributed by atoms with E-state index in [1.807, 2.05) is 35.2 Å². The molecule has 3 aromatic carbocycles. The highest BCUT2D eigenvalue weighted by Crippen LogP contribution is 2.36. The Morgan fingerprint density at radius 2 is 2.00 bits per heavy atom. The van der Waals surface area contributed by atoms with Crippen LogP contribution >= 0.6 is 0 Å². The molecule has 1 aliphatic heterocycles. The smallest absolute Gasteiger partial charge is 0.238 e. The fourth-order valence-electron chi connectivity index (χ4n) is 4.68. The van der Waals surface area contributed by atoms with Gasteiger partial charge in [-0.05, 0) is 37.6 Å². The van der Waals surface area contributed by atoms with E-state index in [-0.39, 0.29) is 19.0 Å². The van der Waals surface area contributed by atoms with Gasteiger partial charge in [-0.3, -0.25) is 9.69 Å². The highest BCUT2D eigenvalue weighted by Gasteiger charge is 2.40. The summed E-state index contributed by atoms with van der Waals surface area (Å²) in [6, 6.07) is 17.2. The fraction of sp³-hybridized carbons (Fsp3) is 0.296. The van der Waals surface area contributed by atoms with Gasteiger partial charge in [-0.2, -0.15) is 0 Å². The first-order valence-electron chi connectivity index (χ1n) is 11.5. The van der Waals surface area contributed by atoms with Crippen molar-refractivity contribution in [2.75, 3.05) is 32.1 Å². The SMILES string of the molecule is COc1cc2c(cc1NC(=O)CN1CC[C@H](Oc3cccc(F)c3)[C@@](C)(O)C1)oc1ccccc12. The molecule has 1 saturated heterocycles. The lowest BCUT2D eigenvalue weighted by Gasteiger charge is -2.42. The summed E-state index contributed by atoms with van der Waals surface area (Å²) in [6.07, 6.45) is -0.0235. The van der Waals surface area contributed by atoms with Crippen LogP contribution in [0.4, 0.5) is 10.1 Å². The number of benzene rings is 3. The second kappa shape index (κ2) is 9.20. The van der Waals surface area contributed by atoms with E-state index >= 15 is 0 Å². The van der Waals surface area contributed by atoms with Crippen molar-refractivity contribution in [2.24, 2.45) is 0 Å². The van der Waals surface area contributed by atoms with Crippen LogP contribution in [0.3, 0.4) is 0 Å². The summed E-state index contributed by atoms with van der Waals surface area (Å²) < 4.78 is 30.8. The molecular formula is C27H27FN2O5. The molecular weight excluding hydrogens is 451 g/mol. The fourth-order valence-corrected chi connectivity index (χ4v) is 4.68. The Bertz CT molecular complexity index is 1380. The molecule has 7 nitrogen and oxygen atoms in total. The van der Waals surface area contributed by atoms with Crippen molar-refractivity contribution in [1.82, 2.24) is 4.90 Å². The number of carbonyl (C=O) groups excluding carboxylic acids is 1. The largest absolute Gasteiger partial charge is 0.495 e. The number of ether oxygens (including phenoxy) is 2. The molecule has 35 heavy (non-hydrogen) atoms. The molecule has 0 aliphatic carbocycles. The van der Waals surface area contributed by atoms with E-state index in [9.17, 15) is 14.3 Å². The minimum atomic E-state index is -1.21. The third kappa shape index (κ3) is 4.80. The van der Waals surface area contributed by atoms with Crippen LogP contribution in [-0.4, -0.2) is 54.4 Å². The Morgan fingerprint density at radius 3 is 2.77 bits per heavy atom. The number of nitrogens with zero attached hydrogens (tertiary/aromatic N) is 1. The predicted octanol–water partition coefficient (Wildman–Crippen LogP) is 4.58. The molecule has 0 saturated carbocycles. The van der Waals surface area contributed by atoms with Crippen LogP contribution in [0.1, 0.15) is 13.3 Å². The maximum absolute atomic E-state index is 13.5. The molecule has 2 heterocycles. The van der Waals surface area contributed by atoms with Crippen LogP contribution in [-0.2, 0) is 4.79 Å². The first-order chi connectivity index (χ1) is 16.8. The molecule has 0 radical (unpaired) electrons. The Hall–Kier alpha value is -3.62. The standard InChI is InChI=1S/C27H27FN2O5/c1-27(32)16-30(11-10-25(27)34-18-7-5-6-17(28)12-18)15-26(31)29-21-14-23-20(13-24(21)33-2)19-8-3-4-9-22(19)35-23/h3-9,12-14,25,32H,10-11,15-16H2,1-2H3,(H,29,31)/t25-,27-/m0/s1. The molecule has 8 heteroatoms. The number of amides is 1. The molecule has 0 spiro atoms. The van der Waals surface area contributed by atoms with E-state index in [0.717, 1.165) is 16.4 Å². The lowest BCUT2D eigenvalue weighted by molar-refractivity contribution is -0.123. The van der Waals surface area contributed by atoms with Gasteiger partial charge in [0.2, 0.25) is 5.91 Å². The van der Waals surface area contributed by atoms with Crippen LogP contribution in [0.2, 0.25) is 0 Å². The van der Waals surface area contributed by atoms with E-state index < -0.39 is 17.5 Å². The zero-order valence-corrected chi connectivity index (χ0v) is 19.6. The zero-order valence-electron chi connectivity index (χ0n) is 19.6. The van der Waals surface area contributed by atoms with Crippen LogP contribution in [0.25, 0.3) is 21.9 Å². The Kier molecular flexibility index (Phi) is 6.08. The first kappa shape index (κ1) is 23.1. The summed E-state index contributed by atoms with van der Waals surface area (Å²) in [7, 11) is 1.56. The number of para-hydroxylation sites is 1. The van der Waals surface area contributed by atoms with E-state index in [1.54, 1.807) is 32.2 Å². The lowest BCUT2D eigenvalue weighted by atomic mass is 9.91. The van der Waals surface area contributed by atoms with Gasteiger partial charge in [0.1, 0.15) is 40.2 Å². The van der Waals surface area contributed by atoms with Crippen molar-refractivity contribution in [3.8, 4) is 11.5 Å².